The van der Waals surface area contributed by atoms with Crippen molar-refractivity contribution in [2.24, 2.45) is 0 Å². The fraction of sp³-hybridized carbons (Fsp3) is 0.833. The molecule has 2 fully saturated rings. The van der Waals surface area contributed by atoms with Crippen LogP contribution in [0.15, 0.2) is 4.42 Å². The number of rotatable bonds is 4. The highest BCUT2D eigenvalue weighted by Gasteiger charge is 2.22. The monoisotopic (exact) mass is 236 g/mol. The molecule has 1 saturated carbocycles. The Balaban J connectivity index is 1.57. The molecule has 5 heteroatoms. The van der Waals surface area contributed by atoms with Crippen LogP contribution in [0.25, 0.3) is 0 Å². The number of nitrogens with one attached hydrogen (secondary N) is 1. The van der Waals surface area contributed by atoms with Crippen LogP contribution in [-0.4, -0.2) is 29.3 Å². The minimum absolute atomic E-state index is 0.684. The van der Waals surface area contributed by atoms with Gasteiger partial charge in [0.25, 0.3) is 0 Å². The Morgan fingerprint density at radius 1 is 1.12 bits per heavy atom. The minimum atomic E-state index is 0.684. The van der Waals surface area contributed by atoms with Crippen molar-refractivity contribution in [1.29, 1.82) is 0 Å². The van der Waals surface area contributed by atoms with E-state index < -0.39 is 0 Å². The van der Waals surface area contributed by atoms with Crippen LogP contribution in [0.5, 0.6) is 0 Å². The zero-order valence-electron chi connectivity index (χ0n) is 10.2. The Kier molecular flexibility index (Phi) is 3.27. The van der Waals surface area contributed by atoms with Gasteiger partial charge in [-0.3, -0.25) is 0 Å². The molecule has 1 aromatic heterocycles. The lowest BCUT2D eigenvalue weighted by atomic mass is 10.2. The molecule has 0 bridgehead atoms. The highest BCUT2D eigenvalue weighted by Crippen LogP contribution is 2.20. The lowest BCUT2D eigenvalue weighted by Crippen LogP contribution is -2.24. The van der Waals surface area contributed by atoms with Gasteiger partial charge in [0.15, 0.2) is 0 Å². The van der Waals surface area contributed by atoms with E-state index in [0.29, 0.717) is 18.6 Å². The molecular formula is C12H20N4O. The SMILES string of the molecule is C1CCCN(c2nnc(CNC3CC3)o2)CC1. The van der Waals surface area contributed by atoms with E-state index in [1.165, 1.54) is 38.5 Å². The number of hydrogen-bond donors (Lipinski definition) is 1. The molecule has 94 valence electrons. The van der Waals surface area contributed by atoms with Gasteiger partial charge in [0.1, 0.15) is 0 Å². The Morgan fingerprint density at radius 2 is 1.88 bits per heavy atom. The zero-order chi connectivity index (χ0) is 11.5. The smallest absolute Gasteiger partial charge is 0.318 e. The molecule has 3 rings (SSSR count). The molecule has 1 aliphatic heterocycles. The summed E-state index contributed by atoms with van der Waals surface area (Å²) in [5.74, 6) is 0.719. The van der Waals surface area contributed by atoms with E-state index in [2.05, 4.69) is 20.4 Å². The van der Waals surface area contributed by atoms with Gasteiger partial charge in [0, 0.05) is 19.1 Å². The van der Waals surface area contributed by atoms with Crippen LogP contribution >= 0.6 is 0 Å². The zero-order valence-corrected chi connectivity index (χ0v) is 10.2. The van der Waals surface area contributed by atoms with Gasteiger partial charge in [0.2, 0.25) is 5.89 Å². The highest BCUT2D eigenvalue weighted by molar-refractivity contribution is 5.23. The van der Waals surface area contributed by atoms with Crippen LogP contribution in [0.2, 0.25) is 0 Å². The summed E-state index contributed by atoms with van der Waals surface area (Å²) in [5, 5.41) is 11.6. The molecule has 1 N–H and O–H groups in total. The Hall–Kier alpha value is -1.10. The third-order valence-corrected chi connectivity index (χ3v) is 3.45. The molecule has 0 spiro atoms. The minimum Gasteiger partial charge on any atom is -0.407 e. The highest BCUT2D eigenvalue weighted by atomic mass is 16.4. The molecule has 0 aromatic carbocycles. The first-order chi connectivity index (χ1) is 8.42. The van der Waals surface area contributed by atoms with Crippen molar-refractivity contribution in [3.05, 3.63) is 5.89 Å². The summed E-state index contributed by atoms with van der Waals surface area (Å²) in [4.78, 5) is 2.22. The Labute approximate surface area is 102 Å². The third kappa shape index (κ3) is 2.97. The van der Waals surface area contributed by atoms with Gasteiger partial charge in [-0.05, 0) is 25.7 Å². The van der Waals surface area contributed by atoms with Crippen LogP contribution in [0.4, 0.5) is 6.01 Å². The molecule has 2 aliphatic rings. The van der Waals surface area contributed by atoms with Crippen molar-refractivity contribution in [2.45, 2.75) is 51.1 Å². The standard InChI is InChI=1S/C12H20N4O/c1-2-4-8-16(7-3-1)12-15-14-11(17-12)9-13-10-5-6-10/h10,13H,1-9H2. The number of nitrogens with zero attached hydrogens (tertiary/aromatic N) is 3. The fourth-order valence-electron chi connectivity index (χ4n) is 2.23. The number of aromatic nitrogens is 2. The van der Waals surface area contributed by atoms with E-state index in [9.17, 15) is 0 Å². The van der Waals surface area contributed by atoms with Crippen molar-refractivity contribution in [3.8, 4) is 0 Å². The molecule has 0 unspecified atom stereocenters. The first-order valence-corrected chi connectivity index (χ1v) is 6.72. The summed E-state index contributed by atoms with van der Waals surface area (Å²) in [6.45, 7) is 2.82. The molecule has 1 aliphatic carbocycles. The average Bonchev–Trinajstić information content (AvgIpc) is 3.12. The topological polar surface area (TPSA) is 54.2 Å². The predicted molar refractivity (Wildman–Crippen MR) is 64.8 cm³/mol. The maximum absolute atomic E-state index is 5.70. The largest absolute Gasteiger partial charge is 0.407 e. The Morgan fingerprint density at radius 3 is 2.59 bits per heavy atom. The second-order valence-electron chi connectivity index (χ2n) is 5.03. The molecule has 0 amide bonds. The van der Waals surface area contributed by atoms with Crippen molar-refractivity contribution in [2.75, 3.05) is 18.0 Å². The fourth-order valence-corrected chi connectivity index (χ4v) is 2.23. The van der Waals surface area contributed by atoms with Crippen molar-refractivity contribution in [3.63, 3.8) is 0 Å². The van der Waals surface area contributed by atoms with Gasteiger partial charge >= 0.3 is 6.01 Å². The van der Waals surface area contributed by atoms with Gasteiger partial charge in [-0.15, -0.1) is 5.10 Å². The first-order valence-electron chi connectivity index (χ1n) is 6.72. The van der Waals surface area contributed by atoms with Crippen molar-refractivity contribution in [1.82, 2.24) is 15.5 Å². The quantitative estimate of drug-likeness (QED) is 0.862. The third-order valence-electron chi connectivity index (χ3n) is 3.45. The average molecular weight is 236 g/mol. The second kappa shape index (κ2) is 5.04. The number of hydrogen-bond acceptors (Lipinski definition) is 5. The maximum atomic E-state index is 5.70. The van der Waals surface area contributed by atoms with Crippen molar-refractivity contribution < 1.29 is 4.42 Å². The van der Waals surface area contributed by atoms with Crippen LogP contribution in [-0.2, 0) is 6.54 Å². The molecule has 0 atom stereocenters. The van der Waals surface area contributed by atoms with Gasteiger partial charge in [-0.1, -0.05) is 17.9 Å². The molecule has 0 radical (unpaired) electrons. The summed E-state index contributed by atoms with van der Waals surface area (Å²) >= 11 is 0. The molecular weight excluding hydrogens is 216 g/mol. The van der Waals surface area contributed by atoms with E-state index in [0.717, 1.165) is 19.0 Å². The van der Waals surface area contributed by atoms with Crippen LogP contribution in [0.3, 0.4) is 0 Å². The molecule has 5 nitrogen and oxygen atoms in total. The van der Waals surface area contributed by atoms with Gasteiger partial charge in [-0.2, -0.15) is 0 Å². The lowest BCUT2D eigenvalue weighted by molar-refractivity contribution is 0.460. The van der Waals surface area contributed by atoms with Gasteiger partial charge in [0.05, 0.1) is 6.54 Å². The molecule has 1 aromatic rings. The summed E-state index contributed by atoms with van der Waals surface area (Å²) < 4.78 is 5.70. The molecule has 1 saturated heterocycles. The van der Waals surface area contributed by atoms with E-state index in [-0.39, 0.29) is 0 Å². The second-order valence-corrected chi connectivity index (χ2v) is 5.03. The summed E-state index contributed by atoms with van der Waals surface area (Å²) in [6, 6.07) is 1.39. The molecule has 2 heterocycles. The van der Waals surface area contributed by atoms with Gasteiger partial charge in [-0.25, -0.2) is 0 Å². The van der Waals surface area contributed by atoms with Crippen LogP contribution in [0, 0.1) is 0 Å². The predicted octanol–water partition coefficient (Wildman–Crippen LogP) is 1.70. The van der Waals surface area contributed by atoms with Crippen LogP contribution < -0.4 is 10.2 Å². The molecule has 17 heavy (non-hydrogen) atoms. The normalized spacial score (nSPS) is 21.5. The maximum Gasteiger partial charge on any atom is 0.318 e. The van der Waals surface area contributed by atoms with E-state index in [1.807, 2.05) is 0 Å². The van der Waals surface area contributed by atoms with E-state index in [1.54, 1.807) is 0 Å². The summed E-state index contributed by atoms with van der Waals surface area (Å²) in [6.07, 6.45) is 7.68. The first kappa shape index (κ1) is 11.0. The summed E-state index contributed by atoms with van der Waals surface area (Å²) in [5.41, 5.74) is 0. The van der Waals surface area contributed by atoms with E-state index >= 15 is 0 Å². The Bertz CT molecular complexity index is 353. The van der Waals surface area contributed by atoms with Gasteiger partial charge < -0.3 is 14.6 Å². The lowest BCUT2D eigenvalue weighted by Gasteiger charge is -2.16. The van der Waals surface area contributed by atoms with Crippen LogP contribution in [0.1, 0.15) is 44.4 Å². The van der Waals surface area contributed by atoms with Crippen molar-refractivity contribution >= 4 is 6.01 Å². The summed E-state index contributed by atoms with van der Waals surface area (Å²) in [7, 11) is 0. The number of anilines is 1. The van der Waals surface area contributed by atoms with E-state index in [4.69, 9.17) is 4.42 Å².